The van der Waals surface area contributed by atoms with Gasteiger partial charge in [-0.2, -0.15) is 0 Å². The molecular weight excluding hydrogens is 466 g/mol. The second-order valence-corrected chi connectivity index (χ2v) is 8.72. The lowest BCUT2D eigenvalue weighted by molar-refractivity contribution is -0.132. The van der Waals surface area contributed by atoms with E-state index in [1.165, 1.54) is 9.80 Å². The second-order valence-electron chi connectivity index (χ2n) is 8.31. The summed E-state index contributed by atoms with van der Waals surface area (Å²) in [5.41, 5.74) is 2.80. The maximum Gasteiger partial charge on any atom is 0.254 e. The van der Waals surface area contributed by atoms with E-state index in [4.69, 9.17) is 16.3 Å². The fraction of sp³-hybridized carbons (Fsp3) is 0.222. The van der Waals surface area contributed by atoms with Gasteiger partial charge < -0.3 is 14.5 Å². The second kappa shape index (κ2) is 10.6. The Morgan fingerprint density at radius 3 is 2.40 bits per heavy atom. The number of hydrogen-bond donors (Lipinski definition) is 0. The number of carbonyl (C=O) groups excluding carboxylic acids is 3. The topological polar surface area (TPSA) is 70.2 Å². The first-order chi connectivity index (χ1) is 16.9. The number of nitrogens with zero attached hydrogens (tertiary/aromatic N) is 3. The van der Waals surface area contributed by atoms with Crippen molar-refractivity contribution in [2.24, 2.45) is 0 Å². The third kappa shape index (κ3) is 5.46. The van der Waals surface area contributed by atoms with Crippen LogP contribution >= 0.6 is 11.6 Å². The van der Waals surface area contributed by atoms with E-state index < -0.39 is 0 Å². The molecule has 1 heterocycles. The lowest BCUT2D eigenvalue weighted by Crippen LogP contribution is -2.42. The highest BCUT2D eigenvalue weighted by atomic mass is 35.5. The molecule has 3 aromatic carbocycles. The molecule has 180 valence electrons. The lowest BCUT2D eigenvalue weighted by Gasteiger charge is -2.25. The Labute approximate surface area is 209 Å². The molecule has 0 atom stereocenters. The van der Waals surface area contributed by atoms with Gasteiger partial charge in [0, 0.05) is 22.8 Å². The monoisotopic (exact) mass is 491 g/mol. The Bertz CT molecular complexity index is 1230. The fourth-order valence-electron chi connectivity index (χ4n) is 4.00. The lowest BCUT2D eigenvalue weighted by atomic mass is 10.1. The van der Waals surface area contributed by atoms with E-state index in [2.05, 4.69) is 0 Å². The molecule has 0 N–H and O–H groups in total. The van der Waals surface area contributed by atoms with E-state index in [0.29, 0.717) is 22.0 Å². The predicted molar refractivity (Wildman–Crippen MR) is 134 cm³/mol. The van der Waals surface area contributed by atoms with Gasteiger partial charge in [-0.05, 0) is 54.4 Å². The number of rotatable bonds is 7. The van der Waals surface area contributed by atoms with E-state index in [9.17, 15) is 14.4 Å². The molecule has 7 nitrogen and oxygen atoms in total. The van der Waals surface area contributed by atoms with Crippen LogP contribution in [0.2, 0.25) is 5.02 Å². The number of ether oxygens (including phenoxy) is 1. The summed E-state index contributed by atoms with van der Waals surface area (Å²) in [6, 6.07) is 21.6. The zero-order valence-electron chi connectivity index (χ0n) is 19.6. The molecule has 35 heavy (non-hydrogen) atoms. The number of carbonyl (C=O) groups is 3. The average Bonchev–Trinajstić information content (AvgIpc) is 3.27. The van der Waals surface area contributed by atoms with Crippen molar-refractivity contribution < 1.29 is 19.1 Å². The van der Waals surface area contributed by atoms with Crippen molar-refractivity contribution in [1.82, 2.24) is 9.80 Å². The molecule has 0 spiro atoms. The molecule has 3 amide bonds. The highest BCUT2D eigenvalue weighted by Crippen LogP contribution is 2.29. The van der Waals surface area contributed by atoms with E-state index in [1.807, 2.05) is 43.3 Å². The van der Waals surface area contributed by atoms with Gasteiger partial charge in [0.25, 0.3) is 5.91 Å². The first kappa shape index (κ1) is 24.3. The summed E-state index contributed by atoms with van der Waals surface area (Å²) in [5.74, 6) is -0.143. The minimum atomic E-state index is -0.307. The van der Waals surface area contributed by atoms with Crippen molar-refractivity contribution in [2.45, 2.75) is 13.5 Å². The summed E-state index contributed by atoms with van der Waals surface area (Å²) in [7, 11) is 1.56. The molecule has 0 aromatic heterocycles. The largest absolute Gasteiger partial charge is 0.497 e. The normalized spacial score (nSPS) is 13.2. The Balaban J connectivity index is 1.53. The number of methoxy groups -OCH3 is 1. The van der Waals surface area contributed by atoms with Crippen LogP contribution in [-0.4, -0.2) is 54.4 Å². The molecular formula is C27H26ClN3O4. The zero-order valence-corrected chi connectivity index (χ0v) is 20.4. The van der Waals surface area contributed by atoms with Gasteiger partial charge in [-0.3, -0.25) is 19.3 Å². The number of hydrogen-bond acceptors (Lipinski definition) is 4. The van der Waals surface area contributed by atoms with Crippen LogP contribution in [0.25, 0.3) is 0 Å². The Kier molecular flexibility index (Phi) is 7.36. The molecule has 1 aliphatic heterocycles. The number of halogens is 1. The molecule has 0 unspecified atom stereocenters. The van der Waals surface area contributed by atoms with Crippen molar-refractivity contribution in [3.63, 3.8) is 0 Å². The van der Waals surface area contributed by atoms with Crippen LogP contribution in [-0.2, 0) is 16.1 Å². The SMILES string of the molecule is COc1ccc(C(=O)N(CC(=O)N2CC(=O)N(c3cccc(Cl)c3C)C2)Cc2ccccc2)cc1. The van der Waals surface area contributed by atoms with Gasteiger partial charge in [-0.25, -0.2) is 0 Å². The molecule has 0 aliphatic carbocycles. The molecule has 3 aromatic rings. The summed E-state index contributed by atoms with van der Waals surface area (Å²) in [6.45, 7) is 1.99. The Hall–Kier alpha value is -3.84. The molecule has 0 radical (unpaired) electrons. The molecule has 1 fully saturated rings. The van der Waals surface area contributed by atoms with E-state index in [0.717, 1.165) is 11.1 Å². The maximum absolute atomic E-state index is 13.4. The third-order valence-corrected chi connectivity index (χ3v) is 6.40. The molecule has 4 rings (SSSR count). The summed E-state index contributed by atoms with van der Waals surface area (Å²) < 4.78 is 5.18. The van der Waals surface area contributed by atoms with Gasteiger partial charge in [-0.1, -0.05) is 48.0 Å². The molecule has 1 aliphatic rings. The first-order valence-corrected chi connectivity index (χ1v) is 11.6. The maximum atomic E-state index is 13.4. The van der Waals surface area contributed by atoms with Crippen LogP contribution in [0.5, 0.6) is 5.75 Å². The van der Waals surface area contributed by atoms with Crippen LogP contribution in [0.1, 0.15) is 21.5 Å². The van der Waals surface area contributed by atoms with Crippen LogP contribution in [0.4, 0.5) is 5.69 Å². The smallest absolute Gasteiger partial charge is 0.254 e. The number of benzene rings is 3. The van der Waals surface area contributed by atoms with Gasteiger partial charge in [0.05, 0.1) is 7.11 Å². The van der Waals surface area contributed by atoms with Gasteiger partial charge in [-0.15, -0.1) is 0 Å². The zero-order chi connectivity index (χ0) is 24.9. The third-order valence-electron chi connectivity index (χ3n) is 5.99. The minimum absolute atomic E-state index is 0.0549. The predicted octanol–water partition coefficient (Wildman–Crippen LogP) is 4.13. The van der Waals surface area contributed by atoms with Gasteiger partial charge in [0.1, 0.15) is 25.5 Å². The van der Waals surface area contributed by atoms with Crippen LogP contribution < -0.4 is 9.64 Å². The van der Waals surface area contributed by atoms with Crippen LogP contribution in [0, 0.1) is 6.92 Å². The van der Waals surface area contributed by atoms with Crippen molar-refractivity contribution in [3.8, 4) is 5.75 Å². The molecule has 1 saturated heterocycles. The molecule has 8 heteroatoms. The minimum Gasteiger partial charge on any atom is -0.497 e. The Morgan fingerprint density at radius 2 is 1.71 bits per heavy atom. The molecule has 0 bridgehead atoms. The van der Waals surface area contributed by atoms with Gasteiger partial charge in [0.15, 0.2) is 0 Å². The van der Waals surface area contributed by atoms with E-state index in [1.54, 1.807) is 48.4 Å². The summed E-state index contributed by atoms with van der Waals surface area (Å²) in [4.78, 5) is 43.9. The number of amides is 3. The number of anilines is 1. The first-order valence-electron chi connectivity index (χ1n) is 11.2. The quantitative estimate of drug-likeness (QED) is 0.498. The van der Waals surface area contributed by atoms with Crippen LogP contribution in [0.3, 0.4) is 0 Å². The standard InChI is InChI=1S/C27H26ClN3O4/c1-19-23(28)9-6-10-24(19)31-18-30(17-26(31)33)25(32)16-29(15-20-7-4-3-5-8-20)27(34)21-11-13-22(35-2)14-12-21/h3-14H,15-18H2,1-2H3. The molecule has 0 saturated carbocycles. The van der Waals surface area contributed by atoms with Gasteiger partial charge in [0.2, 0.25) is 11.8 Å². The summed E-state index contributed by atoms with van der Waals surface area (Å²) in [5, 5.41) is 0.555. The highest BCUT2D eigenvalue weighted by Gasteiger charge is 2.34. The van der Waals surface area contributed by atoms with Crippen molar-refractivity contribution in [2.75, 3.05) is 31.8 Å². The van der Waals surface area contributed by atoms with Crippen molar-refractivity contribution in [3.05, 3.63) is 94.5 Å². The summed E-state index contributed by atoms with van der Waals surface area (Å²) in [6.07, 6.45) is 0. The van der Waals surface area contributed by atoms with Crippen LogP contribution in [0.15, 0.2) is 72.8 Å². The summed E-state index contributed by atoms with van der Waals surface area (Å²) >= 11 is 6.23. The average molecular weight is 492 g/mol. The van der Waals surface area contributed by atoms with Crippen molar-refractivity contribution >= 4 is 35.0 Å². The van der Waals surface area contributed by atoms with E-state index >= 15 is 0 Å². The van der Waals surface area contributed by atoms with Gasteiger partial charge >= 0.3 is 0 Å². The Morgan fingerprint density at radius 1 is 1.00 bits per heavy atom. The van der Waals surface area contributed by atoms with Crippen molar-refractivity contribution in [1.29, 1.82) is 0 Å². The fourth-order valence-corrected chi connectivity index (χ4v) is 4.17. The highest BCUT2D eigenvalue weighted by molar-refractivity contribution is 6.31. The van der Waals surface area contributed by atoms with E-state index in [-0.39, 0.29) is 44.0 Å².